The molecule has 0 aliphatic rings. The SMILES string of the molecule is [C-]#[N+]c1ccc(C(F)(F)C(C)(C)C)cc1. The van der Waals surface area contributed by atoms with Gasteiger partial charge in [-0.25, -0.2) is 13.6 Å². The van der Waals surface area contributed by atoms with Crippen LogP contribution in [-0.2, 0) is 5.92 Å². The Morgan fingerprint density at radius 1 is 1.07 bits per heavy atom. The van der Waals surface area contributed by atoms with Crippen LogP contribution in [0.4, 0.5) is 14.5 Å². The van der Waals surface area contributed by atoms with E-state index >= 15 is 0 Å². The molecule has 0 N–H and O–H groups in total. The van der Waals surface area contributed by atoms with E-state index in [9.17, 15) is 8.78 Å². The first-order valence-electron chi connectivity index (χ1n) is 4.65. The third-order valence-corrected chi connectivity index (χ3v) is 2.30. The summed E-state index contributed by atoms with van der Waals surface area (Å²) in [5.41, 5.74) is -0.780. The lowest BCUT2D eigenvalue weighted by atomic mass is 9.83. The average Bonchev–Trinajstić information content (AvgIpc) is 2.16. The molecule has 0 heterocycles. The van der Waals surface area contributed by atoms with Crippen LogP contribution >= 0.6 is 0 Å². The van der Waals surface area contributed by atoms with E-state index in [4.69, 9.17) is 6.57 Å². The topological polar surface area (TPSA) is 4.36 Å². The van der Waals surface area contributed by atoms with Gasteiger partial charge in [-0.2, -0.15) is 0 Å². The first-order chi connectivity index (χ1) is 6.79. The van der Waals surface area contributed by atoms with E-state index in [0.717, 1.165) is 0 Å². The fourth-order valence-corrected chi connectivity index (χ4v) is 1.18. The molecule has 0 bridgehead atoms. The van der Waals surface area contributed by atoms with Gasteiger partial charge in [0.1, 0.15) is 0 Å². The molecule has 0 unspecified atom stereocenters. The van der Waals surface area contributed by atoms with Crippen LogP contribution in [0, 0.1) is 12.0 Å². The van der Waals surface area contributed by atoms with Crippen molar-refractivity contribution in [2.75, 3.05) is 0 Å². The highest BCUT2D eigenvalue weighted by atomic mass is 19.3. The quantitative estimate of drug-likeness (QED) is 0.605. The third kappa shape index (κ3) is 2.15. The molecular formula is C12H13F2N. The lowest BCUT2D eigenvalue weighted by molar-refractivity contribution is -0.104. The molecule has 80 valence electrons. The van der Waals surface area contributed by atoms with Crippen molar-refractivity contribution in [1.29, 1.82) is 0 Å². The van der Waals surface area contributed by atoms with Gasteiger partial charge in [-0.15, -0.1) is 0 Å². The van der Waals surface area contributed by atoms with Gasteiger partial charge in [0.25, 0.3) is 5.92 Å². The van der Waals surface area contributed by atoms with Crippen molar-refractivity contribution in [3.8, 4) is 0 Å². The van der Waals surface area contributed by atoms with Crippen LogP contribution in [0.15, 0.2) is 24.3 Å². The van der Waals surface area contributed by atoms with Crippen molar-refractivity contribution in [1.82, 2.24) is 0 Å². The molecular weight excluding hydrogens is 196 g/mol. The summed E-state index contributed by atoms with van der Waals surface area (Å²) in [4.78, 5) is 3.16. The van der Waals surface area contributed by atoms with Crippen LogP contribution in [0.2, 0.25) is 0 Å². The minimum atomic E-state index is -2.88. The van der Waals surface area contributed by atoms with Gasteiger partial charge in [0.15, 0.2) is 5.69 Å². The van der Waals surface area contributed by atoms with Gasteiger partial charge in [-0.05, 0) is 0 Å². The summed E-state index contributed by atoms with van der Waals surface area (Å²) in [5.74, 6) is -2.88. The molecule has 15 heavy (non-hydrogen) atoms. The maximum absolute atomic E-state index is 13.8. The highest BCUT2D eigenvalue weighted by Crippen LogP contribution is 2.44. The Labute approximate surface area is 88.6 Å². The number of halogens is 2. The second-order valence-corrected chi connectivity index (χ2v) is 4.48. The van der Waals surface area contributed by atoms with E-state index < -0.39 is 11.3 Å². The second-order valence-electron chi connectivity index (χ2n) is 4.48. The Balaban J connectivity index is 3.13. The van der Waals surface area contributed by atoms with Crippen molar-refractivity contribution >= 4 is 5.69 Å². The first kappa shape index (κ1) is 11.6. The fourth-order valence-electron chi connectivity index (χ4n) is 1.18. The number of hydrogen-bond donors (Lipinski definition) is 0. The van der Waals surface area contributed by atoms with Gasteiger partial charge in [0, 0.05) is 11.0 Å². The fraction of sp³-hybridized carbons (Fsp3) is 0.417. The Bertz CT molecular complexity index is 380. The molecule has 0 fully saturated rings. The van der Waals surface area contributed by atoms with E-state index in [1.807, 2.05) is 0 Å². The maximum Gasteiger partial charge on any atom is 0.277 e. The molecule has 1 aromatic rings. The van der Waals surface area contributed by atoms with Crippen LogP contribution in [0.5, 0.6) is 0 Å². The molecule has 1 aromatic carbocycles. The predicted molar refractivity (Wildman–Crippen MR) is 56.1 cm³/mol. The lowest BCUT2D eigenvalue weighted by Gasteiger charge is -2.30. The first-order valence-corrected chi connectivity index (χ1v) is 4.65. The summed E-state index contributed by atoms with van der Waals surface area (Å²) >= 11 is 0. The molecule has 0 spiro atoms. The molecule has 1 rings (SSSR count). The molecule has 0 saturated heterocycles. The van der Waals surface area contributed by atoms with Crippen LogP contribution in [0.25, 0.3) is 4.85 Å². The summed E-state index contributed by atoms with van der Waals surface area (Å²) in [6.45, 7) is 11.2. The maximum atomic E-state index is 13.8. The van der Waals surface area contributed by atoms with Crippen molar-refractivity contribution < 1.29 is 8.78 Å². The summed E-state index contributed by atoms with van der Waals surface area (Å²) in [6, 6.07) is 5.47. The number of benzene rings is 1. The molecule has 0 radical (unpaired) electrons. The van der Waals surface area contributed by atoms with E-state index in [0.29, 0.717) is 5.69 Å². The Hall–Kier alpha value is -1.43. The lowest BCUT2D eigenvalue weighted by Crippen LogP contribution is -2.30. The number of alkyl halides is 2. The van der Waals surface area contributed by atoms with E-state index in [1.54, 1.807) is 0 Å². The molecule has 0 saturated carbocycles. The standard InChI is InChI=1S/C12H13F2N/c1-11(2,3)12(13,14)9-5-7-10(15-4)8-6-9/h5-8H,1-3H3. The zero-order chi connectivity index (χ0) is 11.7. The Morgan fingerprint density at radius 3 is 1.87 bits per heavy atom. The van der Waals surface area contributed by atoms with Gasteiger partial charge in [-0.1, -0.05) is 45.0 Å². The number of nitrogens with zero attached hydrogens (tertiary/aromatic N) is 1. The van der Waals surface area contributed by atoms with Crippen molar-refractivity contribution in [3.63, 3.8) is 0 Å². The van der Waals surface area contributed by atoms with E-state index in [-0.39, 0.29) is 5.56 Å². The van der Waals surface area contributed by atoms with Crippen LogP contribution in [0.3, 0.4) is 0 Å². The number of rotatable bonds is 1. The van der Waals surface area contributed by atoms with Gasteiger partial charge in [0.05, 0.1) is 6.57 Å². The number of hydrogen-bond acceptors (Lipinski definition) is 0. The molecule has 3 heteroatoms. The van der Waals surface area contributed by atoms with Gasteiger partial charge < -0.3 is 0 Å². The van der Waals surface area contributed by atoms with E-state index in [1.165, 1.54) is 45.0 Å². The molecule has 1 nitrogen and oxygen atoms in total. The van der Waals surface area contributed by atoms with E-state index in [2.05, 4.69) is 4.85 Å². The highest BCUT2D eigenvalue weighted by Gasteiger charge is 2.44. The minimum absolute atomic E-state index is 0.0394. The minimum Gasteiger partial charge on any atom is -0.238 e. The normalized spacial score (nSPS) is 12.3. The third-order valence-electron chi connectivity index (χ3n) is 2.30. The van der Waals surface area contributed by atoms with Crippen molar-refractivity contribution in [2.24, 2.45) is 5.41 Å². The molecule has 0 aliphatic heterocycles. The highest BCUT2D eigenvalue weighted by molar-refractivity contribution is 5.46. The monoisotopic (exact) mass is 209 g/mol. The summed E-state index contributed by atoms with van der Waals surface area (Å²) in [7, 11) is 0. The molecule has 0 aromatic heterocycles. The predicted octanol–water partition coefficient (Wildman–Crippen LogP) is 4.38. The molecule has 0 atom stereocenters. The van der Waals surface area contributed by atoms with Gasteiger partial charge in [0.2, 0.25) is 0 Å². The largest absolute Gasteiger partial charge is 0.277 e. The Morgan fingerprint density at radius 2 is 1.53 bits per heavy atom. The van der Waals surface area contributed by atoms with Crippen LogP contribution in [-0.4, -0.2) is 0 Å². The average molecular weight is 209 g/mol. The van der Waals surface area contributed by atoms with Gasteiger partial charge >= 0.3 is 0 Å². The van der Waals surface area contributed by atoms with Gasteiger partial charge in [-0.3, -0.25) is 0 Å². The van der Waals surface area contributed by atoms with Crippen molar-refractivity contribution in [3.05, 3.63) is 41.2 Å². The van der Waals surface area contributed by atoms with Crippen LogP contribution < -0.4 is 0 Å². The molecule has 0 aliphatic carbocycles. The zero-order valence-corrected chi connectivity index (χ0v) is 9.01. The second kappa shape index (κ2) is 3.62. The van der Waals surface area contributed by atoms with Crippen LogP contribution in [0.1, 0.15) is 26.3 Å². The summed E-state index contributed by atoms with van der Waals surface area (Å²) in [6.07, 6.45) is 0. The summed E-state index contributed by atoms with van der Waals surface area (Å²) < 4.78 is 27.6. The van der Waals surface area contributed by atoms with Crippen molar-refractivity contribution in [2.45, 2.75) is 26.7 Å². The zero-order valence-electron chi connectivity index (χ0n) is 9.01. The smallest absolute Gasteiger partial charge is 0.238 e. The Kier molecular flexibility index (Phi) is 2.81. The molecule has 0 amide bonds. The summed E-state index contributed by atoms with van der Waals surface area (Å²) in [5, 5.41) is 0.